The highest BCUT2D eigenvalue weighted by Gasteiger charge is 2.34. The summed E-state index contributed by atoms with van der Waals surface area (Å²) >= 11 is 0.971. The van der Waals surface area contributed by atoms with Crippen LogP contribution in [0.15, 0.2) is 23.1 Å². The van der Waals surface area contributed by atoms with E-state index in [1.165, 1.54) is 4.90 Å². The minimum atomic E-state index is -0.232. The largest absolute Gasteiger partial charge is 0.493 e. The van der Waals surface area contributed by atoms with Crippen molar-refractivity contribution < 1.29 is 19.1 Å². The Morgan fingerprint density at radius 2 is 2.00 bits per heavy atom. The van der Waals surface area contributed by atoms with Crippen LogP contribution in [0.2, 0.25) is 0 Å². The SMILES string of the molecule is CCCN1C(=O)S/C(=C/c2ccc(OCC)c(OC)c2)C1=O. The Balaban J connectivity index is 2.26. The second-order valence-corrected chi connectivity index (χ2v) is 5.67. The van der Waals surface area contributed by atoms with E-state index in [0.717, 1.165) is 23.7 Å². The van der Waals surface area contributed by atoms with E-state index in [2.05, 4.69) is 0 Å². The predicted octanol–water partition coefficient (Wildman–Crippen LogP) is 3.54. The van der Waals surface area contributed by atoms with Crippen LogP contribution in [0.25, 0.3) is 6.08 Å². The van der Waals surface area contributed by atoms with Gasteiger partial charge in [-0.3, -0.25) is 14.5 Å². The van der Waals surface area contributed by atoms with Crippen molar-refractivity contribution in [1.29, 1.82) is 0 Å². The van der Waals surface area contributed by atoms with Gasteiger partial charge >= 0.3 is 0 Å². The van der Waals surface area contributed by atoms with Gasteiger partial charge in [-0.2, -0.15) is 0 Å². The van der Waals surface area contributed by atoms with E-state index < -0.39 is 0 Å². The Kier molecular flexibility index (Phi) is 5.49. The summed E-state index contributed by atoms with van der Waals surface area (Å²) in [5.74, 6) is 1.02. The number of rotatable bonds is 6. The number of hydrogen-bond donors (Lipinski definition) is 0. The fraction of sp³-hybridized carbons (Fsp3) is 0.375. The van der Waals surface area contributed by atoms with Crippen molar-refractivity contribution in [3.05, 3.63) is 28.7 Å². The number of nitrogens with zero attached hydrogens (tertiary/aromatic N) is 1. The summed E-state index contributed by atoms with van der Waals surface area (Å²) in [7, 11) is 1.57. The summed E-state index contributed by atoms with van der Waals surface area (Å²) in [6, 6.07) is 5.42. The lowest BCUT2D eigenvalue weighted by molar-refractivity contribution is -0.122. The molecule has 0 aromatic heterocycles. The summed E-state index contributed by atoms with van der Waals surface area (Å²) in [6.07, 6.45) is 2.46. The fourth-order valence-electron chi connectivity index (χ4n) is 2.12. The van der Waals surface area contributed by atoms with E-state index in [0.29, 0.717) is 29.6 Å². The average Bonchev–Trinajstić information content (AvgIpc) is 2.77. The maximum atomic E-state index is 12.2. The van der Waals surface area contributed by atoms with E-state index in [1.807, 2.05) is 19.9 Å². The van der Waals surface area contributed by atoms with E-state index in [-0.39, 0.29) is 11.1 Å². The zero-order chi connectivity index (χ0) is 16.1. The van der Waals surface area contributed by atoms with E-state index in [9.17, 15) is 9.59 Å². The third-order valence-electron chi connectivity index (χ3n) is 3.11. The molecular weight excluding hydrogens is 302 g/mol. The van der Waals surface area contributed by atoms with Gasteiger partial charge in [-0.1, -0.05) is 13.0 Å². The van der Waals surface area contributed by atoms with Crippen molar-refractivity contribution >= 4 is 29.0 Å². The lowest BCUT2D eigenvalue weighted by Gasteiger charge is -2.10. The highest BCUT2D eigenvalue weighted by atomic mass is 32.2. The van der Waals surface area contributed by atoms with Crippen LogP contribution in [0, 0.1) is 0 Å². The number of imide groups is 1. The molecule has 0 aliphatic carbocycles. The summed E-state index contributed by atoms with van der Waals surface area (Å²) in [6.45, 7) is 4.83. The second kappa shape index (κ2) is 7.35. The van der Waals surface area contributed by atoms with Crippen LogP contribution in [0.5, 0.6) is 11.5 Å². The molecule has 1 fully saturated rings. The molecule has 0 N–H and O–H groups in total. The van der Waals surface area contributed by atoms with Crippen molar-refractivity contribution in [2.24, 2.45) is 0 Å². The van der Waals surface area contributed by atoms with Gasteiger partial charge in [0, 0.05) is 6.54 Å². The Bertz CT molecular complexity index is 612. The quantitative estimate of drug-likeness (QED) is 0.750. The average molecular weight is 321 g/mol. The maximum absolute atomic E-state index is 12.2. The van der Waals surface area contributed by atoms with Gasteiger partial charge in [0.25, 0.3) is 11.1 Å². The maximum Gasteiger partial charge on any atom is 0.293 e. The van der Waals surface area contributed by atoms with Crippen molar-refractivity contribution in [2.45, 2.75) is 20.3 Å². The molecule has 2 rings (SSSR count). The van der Waals surface area contributed by atoms with Crippen LogP contribution in [-0.2, 0) is 4.79 Å². The zero-order valence-corrected chi connectivity index (χ0v) is 13.7. The molecule has 118 valence electrons. The molecule has 0 atom stereocenters. The number of benzene rings is 1. The molecule has 2 amide bonds. The van der Waals surface area contributed by atoms with Gasteiger partial charge in [0.15, 0.2) is 11.5 Å². The monoisotopic (exact) mass is 321 g/mol. The predicted molar refractivity (Wildman–Crippen MR) is 87.1 cm³/mol. The van der Waals surface area contributed by atoms with Crippen LogP contribution < -0.4 is 9.47 Å². The Morgan fingerprint density at radius 3 is 2.64 bits per heavy atom. The molecule has 22 heavy (non-hydrogen) atoms. The van der Waals surface area contributed by atoms with Crippen LogP contribution in [0.3, 0.4) is 0 Å². The van der Waals surface area contributed by atoms with Gasteiger partial charge in [-0.05, 0) is 48.9 Å². The van der Waals surface area contributed by atoms with E-state index in [1.54, 1.807) is 25.3 Å². The summed E-state index contributed by atoms with van der Waals surface area (Å²) in [5.41, 5.74) is 0.794. The van der Waals surface area contributed by atoms with Gasteiger partial charge in [-0.15, -0.1) is 0 Å². The molecule has 1 aliphatic rings. The zero-order valence-electron chi connectivity index (χ0n) is 12.9. The van der Waals surface area contributed by atoms with Crippen LogP contribution in [0.1, 0.15) is 25.8 Å². The molecule has 0 radical (unpaired) electrons. The Hall–Kier alpha value is -1.95. The highest BCUT2D eigenvalue weighted by Crippen LogP contribution is 2.34. The molecule has 5 nitrogen and oxygen atoms in total. The molecule has 6 heteroatoms. The number of carbonyl (C=O) groups excluding carboxylic acids is 2. The lowest BCUT2D eigenvalue weighted by Crippen LogP contribution is -2.28. The molecule has 1 aromatic carbocycles. The van der Waals surface area contributed by atoms with Gasteiger partial charge in [0.05, 0.1) is 18.6 Å². The Morgan fingerprint density at radius 1 is 1.23 bits per heavy atom. The minimum absolute atomic E-state index is 0.212. The standard InChI is InChI=1S/C16H19NO4S/c1-4-8-17-15(18)14(22-16(17)19)10-11-6-7-12(21-5-2)13(9-11)20-3/h6-7,9-10H,4-5,8H2,1-3H3/b14-10+. The highest BCUT2D eigenvalue weighted by molar-refractivity contribution is 8.18. The second-order valence-electron chi connectivity index (χ2n) is 4.68. The summed E-state index contributed by atoms with van der Waals surface area (Å²) < 4.78 is 10.7. The van der Waals surface area contributed by atoms with E-state index >= 15 is 0 Å². The first-order valence-corrected chi connectivity index (χ1v) is 7.98. The number of carbonyl (C=O) groups is 2. The normalized spacial score (nSPS) is 16.5. The van der Waals surface area contributed by atoms with Gasteiger partial charge in [0.2, 0.25) is 0 Å². The molecule has 1 aromatic rings. The Labute approximate surface area is 134 Å². The molecule has 1 aliphatic heterocycles. The van der Waals surface area contributed by atoms with Crippen LogP contribution in [-0.4, -0.2) is 36.3 Å². The van der Waals surface area contributed by atoms with Gasteiger partial charge in [-0.25, -0.2) is 0 Å². The molecular formula is C16H19NO4S. The van der Waals surface area contributed by atoms with Crippen molar-refractivity contribution in [3.8, 4) is 11.5 Å². The van der Waals surface area contributed by atoms with Gasteiger partial charge < -0.3 is 9.47 Å². The first kappa shape index (κ1) is 16.4. The molecule has 0 spiro atoms. The molecule has 0 bridgehead atoms. The van der Waals surface area contributed by atoms with Crippen molar-refractivity contribution in [2.75, 3.05) is 20.3 Å². The third kappa shape index (κ3) is 3.44. The number of hydrogen-bond acceptors (Lipinski definition) is 5. The minimum Gasteiger partial charge on any atom is -0.493 e. The molecule has 0 saturated carbocycles. The number of methoxy groups -OCH3 is 1. The smallest absolute Gasteiger partial charge is 0.293 e. The number of thioether (sulfide) groups is 1. The fourth-order valence-corrected chi connectivity index (χ4v) is 2.98. The van der Waals surface area contributed by atoms with E-state index in [4.69, 9.17) is 9.47 Å². The molecule has 1 heterocycles. The number of ether oxygens (including phenoxy) is 2. The lowest BCUT2D eigenvalue weighted by atomic mass is 10.2. The molecule has 0 unspecified atom stereocenters. The van der Waals surface area contributed by atoms with Crippen LogP contribution in [0.4, 0.5) is 4.79 Å². The topological polar surface area (TPSA) is 55.8 Å². The first-order valence-electron chi connectivity index (χ1n) is 7.16. The summed E-state index contributed by atoms with van der Waals surface area (Å²) in [4.78, 5) is 25.7. The van der Waals surface area contributed by atoms with Crippen molar-refractivity contribution in [1.82, 2.24) is 4.90 Å². The third-order valence-corrected chi connectivity index (χ3v) is 4.01. The molecule has 1 saturated heterocycles. The van der Waals surface area contributed by atoms with Gasteiger partial charge in [0.1, 0.15) is 0 Å². The van der Waals surface area contributed by atoms with Crippen molar-refractivity contribution in [3.63, 3.8) is 0 Å². The number of amides is 2. The summed E-state index contributed by atoms with van der Waals surface area (Å²) in [5, 5.41) is -0.212. The van der Waals surface area contributed by atoms with Crippen LogP contribution >= 0.6 is 11.8 Å². The first-order chi connectivity index (χ1) is 10.6.